The minimum atomic E-state index is 0.0423. The van der Waals surface area contributed by atoms with Gasteiger partial charge in [-0.25, -0.2) is 0 Å². The van der Waals surface area contributed by atoms with Gasteiger partial charge in [0.15, 0.2) is 0 Å². The van der Waals surface area contributed by atoms with E-state index in [-0.39, 0.29) is 11.3 Å². The summed E-state index contributed by atoms with van der Waals surface area (Å²) < 4.78 is 1.98. The number of aromatic nitrogens is 2. The molecule has 2 N–H and O–H groups in total. The number of rotatable bonds is 6. The molecular formula is C20H28N4O. The van der Waals surface area contributed by atoms with Gasteiger partial charge in [0.2, 0.25) is 0 Å². The van der Waals surface area contributed by atoms with Gasteiger partial charge < -0.3 is 10.6 Å². The summed E-state index contributed by atoms with van der Waals surface area (Å²) in [5.41, 5.74) is 8.91. The van der Waals surface area contributed by atoms with Crippen LogP contribution >= 0.6 is 0 Å². The van der Waals surface area contributed by atoms with Crippen molar-refractivity contribution in [2.45, 2.75) is 39.7 Å². The fourth-order valence-corrected chi connectivity index (χ4v) is 3.52. The molecule has 0 aliphatic carbocycles. The number of nitrogens with zero attached hydrogens (tertiary/aromatic N) is 3. The Morgan fingerprint density at radius 1 is 1.32 bits per heavy atom. The molecule has 1 fully saturated rings. The van der Waals surface area contributed by atoms with E-state index >= 15 is 0 Å². The van der Waals surface area contributed by atoms with Gasteiger partial charge in [-0.05, 0) is 30.4 Å². The van der Waals surface area contributed by atoms with E-state index in [4.69, 9.17) is 5.73 Å². The van der Waals surface area contributed by atoms with Crippen molar-refractivity contribution in [3.63, 3.8) is 0 Å². The Morgan fingerprint density at radius 2 is 2.08 bits per heavy atom. The molecule has 5 nitrogen and oxygen atoms in total. The lowest BCUT2D eigenvalue weighted by Gasteiger charge is -2.22. The fraction of sp³-hybridized carbons (Fsp3) is 0.500. The smallest absolute Gasteiger partial charge is 0.257 e. The van der Waals surface area contributed by atoms with Crippen LogP contribution in [-0.2, 0) is 13.0 Å². The van der Waals surface area contributed by atoms with Crippen molar-refractivity contribution >= 4 is 5.91 Å². The number of amides is 1. The number of nitrogens with two attached hydrogens (primary N) is 1. The molecular weight excluding hydrogens is 312 g/mol. The van der Waals surface area contributed by atoms with Crippen molar-refractivity contribution in [2.24, 2.45) is 11.1 Å². The zero-order valence-corrected chi connectivity index (χ0v) is 15.2. The van der Waals surface area contributed by atoms with Gasteiger partial charge in [-0.15, -0.1) is 0 Å². The van der Waals surface area contributed by atoms with Crippen molar-refractivity contribution in [3.05, 3.63) is 53.3 Å². The van der Waals surface area contributed by atoms with Crippen LogP contribution in [0.5, 0.6) is 0 Å². The van der Waals surface area contributed by atoms with Gasteiger partial charge in [0.05, 0.1) is 24.0 Å². The van der Waals surface area contributed by atoms with Crippen LogP contribution in [-0.4, -0.2) is 40.2 Å². The normalized spacial score (nSPS) is 20.2. The maximum Gasteiger partial charge on any atom is 0.257 e. The molecule has 1 aliphatic rings. The number of likely N-dealkylation sites (tertiary alicyclic amines) is 1. The summed E-state index contributed by atoms with van der Waals surface area (Å²) in [5.74, 6) is 0.0972. The first kappa shape index (κ1) is 17.7. The average molecular weight is 340 g/mol. The maximum atomic E-state index is 13.0. The van der Waals surface area contributed by atoms with Gasteiger partial charge in [-0.2, -0.15) is 5.10 Å². The molecule has 25 heavy (non-hydrogen) atoms. The summed E-state index contributed by atoms with van der Waals surface area (Å²) in [6.45, 7) is 7.12. The van der Waals surface area contributed by atoms with E-state index in [1.807, 2.05) is 27.8 Å². The Labute approximate surface area is 149 Å². The van der Waals surface area contributed by atoms with E-state index in [0.29, 0.717) is 13.1 Å². The van der Waals surface area contributed by atoms with E-state index in [9.17, 15) is 4.79 Å². The van der Waals surface area contributed by atoms with E-state index in [2.05, 4.69) is 31.1 Å². The minimum Gasteiger partial charge on any atom is -0.338 e. The van der Waals surface area contributed by atoms with Gasteiger partial charge in [0, 0.05) is 13.1 Å². The van der Waals surface area contributed by atoms with E-state index in [1.54, 1.807) is 6.20 Å². The molecule has 3 rings (SSSR count). The highest BCUT2D eigenvalue weighted by molar-refractivity contribution is 5.95. The number of carbonyl (C=O) groups excluding carboxylic acids is 1. The SMILES string of the molecule is CCCc1c(C(=O)N2CCC(C)(CN)C2)cnn1Cc1ccccc1. The van der Waals surface area contributed by atoms with Gasteiger partial charge in [0.1, 0.15) is 0 Å². The molecule has 1 aromatic heterocycles. The van der Waals surface area contributed by atoms with Crippen molar-refractivity contribution in [1.82, 2.24) is 14.7 Å². The number of carbonyl (C=O) groups is 1. The van der Waals surface area contributed by atoms with Crippen molar-refractivity contribution < 1.29 is 4.79 Å². The van der Waals surface area contributed by atoms with Gasteiger partial charge in [-0.1, -0.05) is 50.6 Å². The third-order valence-corrected chi connectivity index (χ3v) is 5.18. The topological polar surface area (TPSA) is 64.2 Å². The zero-order valence-electron chi connectivity index (χ0n) is 15.2. The fourth-order valence-electron chi connectivity index (χ4n) is 3.52. The molecule has 1 aliphatic heterocycles. The van der Waals surface area contributed by atoms with Crippen molar-refractivity contribution in [3.8, 4) is 0 Å². The number of hydrogen-bond acceptors (Lipinski definition) is 3. The lowest BCUT2D eigenvalue weighted by Crippen LogP contribution is -2.34. The monoisotopic (exact) mass is 340 g/mol. The Morgan fingerprint density at radius 3 is 2.72 bits per heavy atom. The predicted octanol–water partition coefficient (Wildman–Crippen LogP) is 2.69. The van der Waals surface area contributed by atoms with Crippen LogP contribution in [0, 0.1) is 5.41 Å². The second-order valence-corrected chi connectivity index (χ2v) is 7.39. The molecule has 1 atom stereocenters. The van der Waals surface area contributed by atoms with Crippen LogP contribution in [0.1, 0.15) is 48.3 Å². The van der Waals surface area contributed by atoms with Crippen molar-refractivity contribution in [2.75, 3.05) is 19.6 Å². The third-order valence-electron chi connectivity index (χ3n) is 5.18. The molecule has 1 unspecified atom stereocenters. The summed E-state index contributed by atoms with van der Waals surface area (Å²) in [6.07, 6.45) is 4.56. The molecule has 2 heterocycles. The summed E-state index contributed by atoms with van der Waals surface area (Å²) >= 11 is 0. The Bertz CT molecular complexity index is 725. The molecule has 0 spiro atoms. The maximum absolute atomic E-state index is 13.0. The van der Waals surface area contributed by atoms with Crippen LogP contribution < -0.4 is 5.73 Å². The van der Waals surface area contributed by atoms with Crippen LogP contribution in [0.2, 0.25) is 0 Å². The van der Waals surface area contributed by atoms with Gasteiger partial charge in [0.25, 0.3) is 5.91 Å². The lowest BCUT2D eigenvalue weighted by atomic mass is 9.90. The first-order valence-electron chi connectivity index (χ1n) is 9.14. The molecule has 134 valence electrons. The molecule has 2 aromatic rings. The predicted molar refractivity (Wildman–Crippen MR) is 99.4 cm³/mol. The number of benzene rings is 1. The van der Waals surface area contributed by atoms with E-state index in [1.165, 1.54) is 5.56 Å². The van der Waals surface area contributed by atoms with Crippen LogP contribution in [0.4, 0.5) is 0 Å². The molecule has 1 aromatic carbocycles. The highest BCUT2D eigenvalue weighted by Gasteiger charge is 2.36. The summed E-state index contributed by atoms with van der Waals surface area (Å²) in [6, 6.07) is 10.2. The quantitative estimate of drug-likeness (QED) is 0.879. The first-order chi connectivity index (χ1) is 12.1. The molecule has 1 amide bonds. The lowest BCUT2D eigenvalue weighted by molar-refractivity contribution is 0.0775. The van der Waals surface area contributed by atoms with Crippen LogP contribution in [0.25, 0.3) is 0 Å². The summed E-state index contributed by atoms with van der Waals surface area (Å²) in [7, 11) is 0. The standard InChI is InChI=1S/C20H28N4O/c1-3-7-18-17(19(25)23-11-10-20(2,14-21)15-23)12-22-24(18)13-16-8-5-4-6-9-16/h4-6,8-9,12H,3,7,10-11,13-15,21H2,1-2H3. The van der Waals surface area contributed by atoms with Gasteiger partial charge >= 0.3 is 0 Å². The molecule has 0 radical (unpaired) electrons. The van der Waals surface area contributed by atoms with E-state index < -0.39 is 0 Å². The molecule has 0 bridgehead atoms. The molecule has 1 saturated heterocycles. The highest BCUT2D eigenvalue weighted by atomic mass is 16.2. The van der Waals surface area contributed by atoms with Crippen LogP contribution in [0.15, 0.2) is 36.5 Å². The third kappa shape index (κ3) is 3.76. The molecule has 5 heteroatoms. The largest absolute Gasteiger partial charge is 0.338 e. The zero-order chi connectivity index (χ0) is 17.9. The Hall–Kier alpha value is -2.14. The summed E-state index contributed by atoms with van der Waals surface area (Å²) in [5, 5.41) is 4.52. The van der Waals surface area contributed by atoms with Gasteiger partial charge in [-0.3, -0.25) is 9.48 Å². The Kier molecular flexibility index (Phi) is 5.23. The average Bonchev–Trinajstić information content (AvgIpc) is 3.21. The van der Waals surface area contributed by atoms with Crippen LogP contribution in [0.3, 0.4) is 0 Å². The highest BCUT2D eigenvalue weighted by Crippen LogP contribution is 2.30. The summed E-state index contributed by atoms with van der Waals surface area (Å²) in [4.78, 5) is 15.0. The second kappa shape index (κ2) is 7.40. The van der Waals surface area contributed by atoms with E-state index in [0.717, 1.165) is 43.6 Å². The number of hydrogen-bond donors (Lipinski definition) is 1. The Balaban J connectivity index is 1.83. The minimum absolute atomic E-state index is 0.0423. The second-order valence-electron chi connectivity index (χ2n) is 7.39. The van der Waals surface area contributed by atoms with Crippen molar-refractivity contribution in [1.29, 1.82) is 0 Å². The molecule has 0 saturated carbocycles. The first-order valence-corrected chi connectivity index (χ1v) is 9.14.